The Hall–Kier alpha value is -2.83. The van der Waals surface area contributed by atoms with Crippen LogP contribution in [0.25, 0.3) is 0 Å². The first-order valence-corrected chi connectivity index (χ1v) is 11.4. The van der Waals surface area contributed by atoms with Crippen molar-refractivity contribution in [1.29, 1.82) is 0 Å². The van der Waals surface area contributed by atoms with E-state index in [1.165, 1.54) is 16.2 Å². The Morgan fingerprint density at radius 3 is 2.35 bits per heavy atom. The van der Waals surface area contributed by atoms with Crippen LogP contribution in [0, 0.1) is 23.7 Å². The Balaban J connectivity index is 1.09. The molecule has 5 rings (SSSR count). The fourth-order valence-corrected chi connectivity index (χ4v) is 5.96. The lowest BCUT2D eigenvalue weighted by atomic mass is 9.85. The molecule has 1 saturated heterocycles. The highest BCUT2D eigenvalue weighted by Gasteiger charge is 2.58. The number of aliphatic imine (C=N–C) groups is 1. The van der Waals surface area contributed by atoms with Gasteiger partial charge in [-0.1, -0.05) is 30.4 Å². The maximum absolute atomic E-state index is 12.8. The predicted octanol–water partition coefficient (Wildman–Crippen LogP) is 1.41. The molecule has 31 heavy (non-hydrogen) atoms. The topological polar surface area (TPSA) is 77.0 Å². The van der Waals surface area contributed by atoms with Crippen molar-refractivity contribution in [3.05, 3.63) is 42.0 Å². The number of imide groups is 1. The highest BCUT2D eigenvalue weighted by molar-refractivity contribution is 6.06. The fourth-order valence-electron chi connectivity index (χ4n) is 5.96. The minimum atomic E-state index is -0.120. The van der Waals surface area contributed by atoms with Crippen molar-refractivity contribution in [3.8, 4) is 0 Å². The molecule has 5 atom stereocenters. The second-order valence-electron chi connectivity index (χ2n) is 9.13. The van der Waals surface area contributed by atoms with Crippen LogP contribution in [0.3, 0.4) is 0 Å². The van der Waals surface area contributed by atoms with Crippen LogP contribution in [0.5, 0.6) is 0 Å². The van der Waals surface area contributed by atoms with E-state index >= 15 is 0 Å². The van der Waals surface area contributed by atoms with Crippen LogP contribution in [0.1, 0.15) is 18.9 Å². The van der Waals surface area contributed by atoms with Crippen LogP contribution in [-0.4, -0.2) is 61.9 Å². The molecule has 2 bridgehead atoms. The summed E-state index contributed by atoms with van der Waals surface area (Å²) in [5, 5.41) is 6.61. The van der Waals surface area contributed by atoms with E-state index in [-0.39, 0.29) is 35.5 Å². The van der Waals surface area contributed by atoms with Gasteiger partial charge in [-0.2, -0.15) is 0 Å². The normalized spacial score (nSPS) is 30.9. The number of para-hydroxylation sites is 1. The molecule has 1 aromatic rings. The molecule has 2 fully saturated rings. The zero-order valence-corrected chi connectivity index (χ0v) is 18.3. The Bertz CT molecular complexity index is 912. The second kappa shape index (κ2) is 8.02. The monoisotopic (exact) mass is 421 g/mol. The molecule has 2 amide bonds. The molecule has 1 aromatic carbocycles. The van der Waals surface area contributed by atoms with Crippen LogP contribution in [-0.2, 0) is 16.0 Å². The van der Waals surface area contributed by atoms with Crippen molar-refractivity contribution in [1.82, 2.24) is 15.5 Å². The van der Waals surface area contributed by atoms with Gasteiger partial charge in [0, 0.05) is 45.0 Å². The maximum atomic E-state index is 12.8. The Labute approximate surface area is 183 Å². The number of likely N-dealkylation sites (tertiary alicyclic amines) is 1. The lowest BCUT2D eigenvalue weighted by Crippen LogP contribution is -2.46. The van der Waals surface area contributed by atoms with E-state index < -0.39 is 0 Å². The van der Waals surface area contributed by atoms with Crippen LogP contribution >= 0.6 is 0 Å². The third-order valence-corrected chi connectivity index (χ3v) is 7.41. The largest absolute Gasteiger partial charge is 0.367 e. The van der Waals surface area contributed by atoms with Gasteiger partial charge in [0.2, 0.25) is 11.8 Å². The van der Waals surface area contributed by atoms with E-state index in [2.05, 4.69) is 63.9 Å². The molecule has 0 spiro atoms. The van der Waals surface area contributed by atoms with Crippen LogP contribution in [0.4, 0.5) is 5.69 Å². The third kappa shape index (κ3) is 3.40. The highest BCUT2D eigenvalue weighted by atomic mass is 16.2. The van der Waals surface area contributed by atoms with Gasteiger partial charge in [0.15, 0.2) is 5.96 Å². The van der Waals surface area contributed by atoms with E-state index in [0.717, 1.165) is 25.9 Å². The zero-order chi connectivity index (χ0) is 21.5. The summed E-state index contributed by atoms with van der Waals surface area (Å²) in [5.74, 6) is 1.00. The van der Waals surface area contributed by atoms with Crippen molar-refractivity contribution < 1.29 is 9.59 Å². The van der Waals surface area contributed by atoms with Gasteiger partial charge >= 0.3 is 0 Å². The van der Waals surface area contributed by atoms with Crippen molar-refractivity contribution in [2.45, 2.75) is 25.8 Å². The Morgan fingerprint density at radius 1 is 1.03 bits per heavy atom. The number of carbonyl (C=O) groups excluding carboxylic acids is 2. The molecule has 2 N–H and O–H groups in total. The molecule has 1 saturated carbocycles. The average Bonchev–Trinajstić information content (AvgIpc) is 3.51. The summed E-state index contributed by atoms with van der Waals surface area (Å²) in [6, 6.07) is 9.08. The fraction of sp³-hybridized carbons (Fsp3) is 0.542. The van der Waals surface area contributed by atoms with Crippen molar-refractivity contribution in [2.75, 3.05) is 38.1 Å². The lowest BCUT2D eigenvalue weighted by molar-refractivity contribution is -0.140. The number of rotatable bonds is 6. The summed E-state index contributed by atoms with van der Waals surface area (Å²) in [5.41, 5.74) is 2.73. The Morgan fingerprint density at radius 2 is 1.68 bits per heavy atom. The van der Waals surface area contributed by atoms with E-state index in [9.17, 15) is 9.59 Å². The number of fused-ring (bicyclic) bond motifs is 6. The molecule has 7 nitrogen and oxygen atoms in total. The second-order valence-corrected chi connectivity index (χ2v) is 9.13. The average molecular weight is 422 g/mol. The van der Waals surface area contributed by atoms with Gasteiger partial charge in [0.05, 0.1) is 11.8 Å². The van der Waals surface area contributed by atoms with E-state index in [1.807, 2.05) is 0 Å². The van der Waals surface area contributed by atoms with E-state index in [4.69, 9.17) is 0 Å². The summed E-state index contributed by atoms with van der Waals surface area (Å²) in [6.07, 6.45) is 6.31. The van der Waals surface area contributed by atoms with Gasteiger partial charge in [-0.3, -0.25) is 19.5 Å². The molecule has 0 aromatic heterocycles. The molecule has 2 aliphatic carbocycles. The summed E-state index contributed by atoms with van der Waals surface area (Å²) in [4.78, 5) is 33.7. The summed E-state index contributed by atoms with van der Waals surface area (Å²) in [7, 11) is 1.74. The van der Waals surface area contributed by atoms with Crippen LogP contribution in [0.15, 0.2) is 41.4 Å². The number of amides is 2. The molecule has 164 valence electrons. The summed E-state index contributed by atoms with van der Waals surface area (Å²) in [6.45, 7) is 4.80. The van der Waals surface area contributed by atoms with Gasteiger partial charge in [-0.25, -0.2) is 0 Å². The quantitative estimate of drug-likeness (QED) is 0.314. The Kier molecular flexibility index (Phi) is 5.20. The first-order chi connectivity index (χ1) is 15.1. The molecule has 2 aliphatic heterocycles. The standard InChI is InChI=1S/C24H31N5O2/c1-15-13-16-5-3-4-6-19(16)28(15)11-9-26-24(25-2)27-10-12-29-22(30)20-17-7-8-18(14-17)21(20)23(29)31/h3-8,15,17-18,20-21H,9-14H2,1-2H3,(H2,25,26,27). The van der Waals surface area contributed by atoms with Crippen molar-refractivity contribution in [2.24, 2.45) is 28.7 Å². The number of benzene rings is 1. The third-order valence-electron chi connectivity index (χ3n) is 7.41. The molecule has 7 heteroatoms. The zero-order valence-electron chi connectivity index (χ0n) is 18.3. The van der Waals surface area contributed by atoms with E-state index in [1.54, 1.807) is 7.05 Å². The molecule has 0 radical (unpaired) electrons. The molecular formula is C24H31N5O2. The minimum Gasteiger partial charge on any atom is -0.367 e. The SMILES string of the molecule is CN=C(NCCN1C(=O)C2C3C=CC(C3)C2C1=O)NCCN1c2ccccc2CC1C. The maximum Gasteiger partial charge on any atom is 0.233 e. The lowest BCUT2D eigenvalue weighted by Gasteiger charge is -2.25. The smallest absolute Gasteiger partial charge is 0.233 e. The first kappa shape index (κ1) is 20.1. The number of carbonyl (C=O) groups is 2. The van der Waals surface area contributed by atoms with E-state index in [0.29, 0.717) is 25.1 Å². The number of allylic oxidation sites excluding steroid dienone is 2. The van der Waals surface area contributed by atoms with Gasteiger partial charge in [-0.15, -0.1) is 0 Å². The predicted molar refractivity (Wildman–Crippen MR) is 121 cm³/mol. The van der Waals surface area contributed by atoms with Gasteiger partial charge in [-0.05, 0) is 43.2 Å². The minimum absolute atomic E-state index is 0.0123. The van der Waals surface area contributed by atoms with Crippen molar-refractivity contribution in [3.63, 3.8) is 0 Å². The van der Waals surface area contributed by atoms with Crippen LogP contribution in [0.2, 0.25) is 0 Å². The summed E-state index contributed by atoms with van der Waals surface area (Å²) < 4.78 is 0. The van der Waals surface area contributed by atoms with Gasteiger partial charge < -0.3 is 15.5 Å². The molecule has 4 aliphatic rings. The van der Waals surface area contributed by atoms with Gasteiger partial charge in [0.1, 0.15) is 0 Å². The van der Waals surface area contributed by atoms with Crippen molar-refractivity contribution >= 4 is 23.5 Å². The first-order valence-electron chi connectivity index (χ1n) is 11.4. The number of guanidine groups is 1. The molecule has 5 unspecified atom stereocenters. The number of anilines is 1. The molecule has 2 heterocycles. The number of nitrogens with zero attached hydrogens (tertiary/aromatic N) is 3. The molecular weight excluding hydrogens is 390 g/mol. The number of hydrogen-bond donors (Lipinski definition) is 2. The number of hydrogen-bond acceptors (Lipinski definition) is 4. The number of nitrogens with one attached hydrogen (secondary N) is 2. The van der Waals surface area contributed by atoms with Gasteiger partial charge in [0.25, 0.3) is 0 Å². The van der Waals surface area contributed by atoms with Crippen LogP contribution < -0.4 is 15.5 Å². The summed E-state index contributed by atoms with van der Waals surface area (Å²) >= 11 is 0. The highest BCUT2D eigenvalue weighted by Crippen LogP contribution is 2.52.